The van der Waals surface area contributed by atoms with Crippen molar-refractivity contribution in [1.29, 1.82) is 0 Å². The standard InChI is InChI=1S/C16H16ClN5O3/c1-16(6-24-9-25-7-16)13-12(17)15-19-14(21-22(15)20-13)10-2-4-11(5-3-10)18-8-23/h2-5,8H,6-7,9H2,1H3,(H,18,23)(H,19,21). The van der Waals surface area contributed by atoms with E-state index < -0.39 is 5.41 Å². The van der Waals surface area contributed by atoms with Gasteiger partial charge in [0.1, 0.15) is 11.8 Å². The van der Waals surface area contributed by atoms with E-state index in [1.165, 1.54) is 4.63 Å². The minimum absolute atomic E-state index is 0.288. The Kier molecular flexibility index (Phi) is 3.95. The van der Waals surface area contributed by atoms with Crippen LogP contribution >= 0.6 is 11.6 Å². The highest BCUT2D eigenvalue weighted by Crippen LogP contribution is 2.34. The van der Waals surface area contributed by atoms with E-state index in [2.05, 4.69) is 20.5 Å². The van der Waals surface area contributed by atoms with E-state index >= 15 is 0 Å². The van der Waals surface area contributed by atoms with Crippen molar-refractivity contribution < 1.29 is 14.3 Å². The maximum absolute atomic E-state index is 10.5. The average Bonchev–Trinajstić information content (AvgIpc) is 3.17. The second-order valence-electron chi connectivity index (χ2n) is 6.19. The summed E-state index contributed by atoms with van der Waals surface area (Å²) in [4.78, 5) is 13.7. The van der Waals surface area contributed by atoms with Crippen LogP contribution in [0.4, 0.5) is 5.69 Å². The Morgan fingerprint density at radius 1 is 1.28 bits per heavy atom. The molecule has 2 aromatic heterocycles. The minimum Gasteiger partial charge on any atom is -0.354 e. The number of ether oxygens (including phenoxy) is 2. The summed E-state index contributed by atoms with van der Waals surface area (Å²) >= 11 is 6.53. The molecular weight excluding hydrogens is 346 g/mol. The van der Waals surface area contributed by atoms with Gasteiger partial charge in [-0.2, -0.15) is 5.10 Å². The first-order chi connectivity index (χ1) is 12.1. The number of hydrogen-bond acceptors (Lipinski definition) is 5. The highest BCUT2D eigenvalue weighted by molar-refractivity contribution is 6.34. The summed E-state index contributed by atoms with van der Waals surface area (Å²) in [6, 6.07) is 7.28. The molecule has 1 aliphatic rings. The molecule has 0 spiro atoms. The molecule has 1 amide bonds. The van der Waals surface area contributed by atoms with E-state index in [4.69, 9.17) is 21.1 Å². The Bertz CT molecular complexity index is 912. The number of nitrogens with zero attached hydrogens (tertiary/aromatic N) is 3. The van der Waals surface area contributed by atoms with Gasteiger partial charge in [0.15, 0.2) is 11.5 Å². The molecule has 0 aliphatic carbocycles. The molecule has 0 unspecified atom stereocenters. The number of rotatable bonds is 4. The number of fused-ring (bicyclic) bond motifs is 1. The molecule has 1 fully saturated rings. The minimum atomic E-state index is -0.411. The number of carbonyl (C=O) groups excluding carboxylic acids is 1. The van der Waals surface area contributed by atoms with Gasteiger partial charge in [-0.25, -0.2) is 0 Å². The van der Waals surface area contributed by atoms with Crippen LogP contribution in [0.1, 0.15) is 12.6 Å². The first-order valence-electron chi connectivity index (χ1n) is 7.72. The Labute approximate surface area is 148 Å². The molecule has 4 rings (SSSR count). The van der Waals surface area contributed by atoms with E-state index in [1.54, 1.807) is 12.1 Å². The Hall–Kier alpha value is -2.42. The summed E-state index contributed by atoms with van der Waals surface area (Å²) in [6.45, 7) is 3.27. The van der Waals surface area contributed by atoms with Crippen molar-refractivity contribution in [3.8, 4) is 11.4 Å². The van der Waals surface area contributed by atoms with Gasteiger partial charge in [0.2, 0.25) is 6.41 Å². The molecule has 9 heteroatoms. The lowest BCUT2D eigenvalue weighted by Crippen LogP contribution is -2.39. The van der Waals surface area contributed by atoms with Crippen molar-refractivity contribution >= 4 is 29.3 Å². The van der Waals surface area contributed by atoms with Crippen LogP contribution in [0.25, 0.3) is 17.0 Å². The molecule has 2 N–H and O–H groups in total. The maximum Gasteiger partial charge on any atom is 0.211 e. The lowest BCUT2D eigenvalue weighted by Gasteiger charge is -2.31. The molecule has 0 saturated carbocycles. The molecule has 3 heterocycles. The summed E-state index contributed by atoms with van der Waals surface area (Å²) in [5.74, 6) is 0.634. The first kappa shape index (κ1) is 16.1. The number of H-pyrrole nitrogens is 1. The Morgan fingerprint density at radius 2 is 2.00 bits per heavy atom. The number of anilines is 1. The number of aromatic nitrogens is 4. The van der Waals surface area contributed by atoms with Crippen molar-refractivity contribution in [3.05, 3.63) is 35.0 Å². The molecule has 0 bridgehead atoms. The zero-order chi connectivity index (χ0) is 17.4. The van der Waals surface area contributed by atoms with Crippen LogP contribution in [0.15, 0.2) is 24.3 Å². The molecule has 8 nitrogen and oxygen atoms in total. The predicted molar refractivity (Wildman–Crippen MR) is 91.6 cm³/mol. The van der Waals surface area contributed by atoms with Gasteiger partial charge in [0.05, 0.1) is 24.3 Å². The fraction of sp³-hybridized carbons (Fsp3) is 0.312. The molecular formula is C16H16ClN5O3. The van der Waals surface area contributed by atoms with E-state index in [0.29, 0.717) is 47.5 Å². The fourth-order valence-electron chi connectivity index (χ4n) is 2.88. The van der Waals surface area contributed by atoms with Gasteiger partial charge in [-0.3, -0.25) is 4.79 Å². The first-order valence-corrected chi connectivity index (χ1v) is 8.10. The lowest BCUT2D eigenvalue weighted by atomic mass is 9.88. The zero-order valence-electron chi connectivity index (χ0n) is 13.5. The fourth-order valence-corrected chi connectivity index (χ4v) is 3.27. The van der Waals surface area contributed by atoms with E-state index in [0.717, 1.165) is 5.56 Å². The molecule has 1 aliphatic heterocycles. The molecule has 1 saturated heterocycles. The SMILES string of the molecule is CC1(c2nn3nc(-c4ccc(NC=O)cc4)[nH]c3c2Cl)COCOC1. The van der Waals surface area contributed by atoms with Crippen molar-refractivity contribution in [1.82, 2.24) is 19.8 Å². The second kappa shape index (κ2) is 6.14. The third-order valence-electron chi connectivity index (χ3n) is 4.21. The van der Waals surface area contributed by atoms with Crippen molar-refractivity contribution in [2.75, 3.05) is 25.3 Å². The number of benzene rings is 1. The number of carbonyl (C=O) groups is 1. The third kappa shape index (κ3) is 2.78. The summed E-state index contributed by atoms with van der Waals surface area (Å²) in [6.07, 6.45) is 0.635. The van der Waals surface area contributed by atoms with Crippen LogP contribution in [-0.4, -0.2) is 46.2 Å². The molecule has 0 atom stereocenters. The molecule has 0 radical (unpaired) electrons. The van der Waals surface area contributed by atoms with Crippen LogP contribution in [0.2, 0.25) is 5.02 Å². The lowest BCUT2D eigenvalue weighted by molar-refractivity contribution is -0.134. The topological polar surface area (TPSA) is 93.5 Å². The highest BCUT2D eigenvalue weighted by atomic mass is 35.5. The number of hydrogen-bond donors (Lipinski definition) is 2. The molecule has 130 valence electrons. The number of amides is 1. The summed E-state index contributed by atoms with van der Waals surface area (Å²) in [7, 11) is 0. The van der Waals surface area contributed by atoms with Gasteiger partial charge in [0.25, 0.3) is 0 Å². The average molecular weight is 362 g/mol. The normalized spacial score (nSPS) is 16.9. The largest absolute Gasteiger partial charge is 0.354 e. The number of nitrogens with one attached hydrogen (secondary N) is 2. The number of aromatic amines is 1. The summed E-state index contributed by atoms with van der Waals surface area (Å²) in [5.41, 5.74) is 2.47. The van der Waals surface area contributed by atoms with E-state index in [9.17, 15) is 4.79 Å². The van der Waals surface area contributed by atoms with Crippen molar-refractivity contribution in [2.45, 2.75) is 12.3 Å². The van der Waals surface area contributed by atoms with Gasteiger partial charge < -0.3 is 19.8 Å². The van der Waals surface area contributed by atoms with Crippen molar-refractivity contribution in [2.24, 2.45) is 0 Å². The van der Waals surface area contributed by atoms with Crippen LogP contribution in [0, 0.1) is 0 Å². The van der Waals surface area contributed by atoms with Gasteiger partial charge in [-0.05, 0) is 31.2 Å². The maximum atomic E-state index is 10.5. The molecule has 3 aromatic rings. The van der Waals surface area contributed by atoms with Gasteiger partial charge >= 0.3 is 0 Å². The predicted octanol–water partition coefficient (Wildman–Crippen LogP) is 2.21. The van der Waals surface area contributed by atoms with Crippen LogP contribution in [-0.2, 0) is 19.7 Å². The van der Waals surface area contributed by atoms with Crippen LogP contribution in [0.3, 0.4) is 0 Å². The molecule has 25 heavy (non-hydrogen) atoms. The quantitative estimate of drug-likeness (QED) is 0.695. The smallest absolute Gasteiger partial charge is 0.211 e. The summed E-state index contributed by atoms with van der Waals surface area (Å²) in [5, 5.41) is 12.1. The van der Waals surface area contributed by atoms with Crippen LogP contribution < -0.4 is 5.32 Å². The van der Waals surface area contributed by atoms with Crippen molar-refractivity contribution in [3.63, 3.8) is 0 Å². The third-order valence-corrected chi connectivity index (χ3v) is 4.56. The summed E-state index contributed by atoms with van der Waals surface area (Å²) < 4.78 is 12.3. The Balaban J connectivity index is 1.68. The Morgan fingerprint density at radius 3 is 2.64 bits per heavy atom. The highest BCUT2D eigenvalue weighted by Gasteiger charge is 2.36. The van der Waals surface area contributed by atoms with Gasteiger partial charge in [-0.15, -0.1) is 9.73 Å². The van der Waals surface area contributed by atoms with E-state index in [-0.39, 0.29) is 6.79 Å². The van der Waals surface area contributed by atoms with Gasteiger partial charge in [-0.1, -0.05) is 11.6 Å². The second-order valence-corrected chi connectivity index (χ2v) is 6.57. The number of halogens is 1. The van der Waals surface area contributed by atoms with Gasteiger partial charge in [0, 0.05) is 11.3 Å². The molecule has 1 aromatic carbocycles. The zero-order valence-corrected chi connectivity index (χ0v) is 14.2. The van der Waals surface area contributed by atoms with Crippen LogP contribution in [0.5, 0.6) is 0 Å². The van der Waals surface area contributed by atoms with E-state index in [1.807, 2.05) is 19.1 Å². The monoisotopic (exact) mass is 361 g/mol.